The fourth-order valence-corrected chi connectivity index (χ4v) is 5.65. The van der Waals surface area contributed by atoms with E-state index in [0.29, 0.717) is 11.5 Å². The molecule has 33 heavy (non-hydrogen) atoms. The third-order valence-electron chi connectivity index (χ3n) is 7.74. The molecule has 2 aromatic rings. The second-order valence-corrected chi connectivity index (χ2v) is 10.3. The summed E-state index contributed by atoms with van der Waals surface area (Å²) in [6, 6.07) is 7.29. The lowest BCUT2D eigenvalue weighted by atomic mass is 9.70. The molecule has 2 aromatic carbocycles. The second kappa shape index (κ2) is 8.35. The van der Waals surface area contributed by atoms with E-state index >= 15 is 0 Å². The summed E-state index contributed by atoms with van der Waals surface area (Å²) in [4.78, 5) is 15.2. The molecule has 2 bridgehead atoms. The zero-order chi connectivity index (χ0) is 23.3. The number of carbonyl (C=O) groups is 1. The number of piperidine rings is 3. The summed E-state index contributed by atoms with van der Waals surface area (Å²) in [6.07, 6.45) is 3.22. The van der Waals surface area contributed by atoms with Gasteiger partial charge in [-0.1, -0.05) is 32.0 Å². The van der Waals surface area contributed by atoms with Gasteiger partial charge in [0.2, 0.25) is 0 Å². The number of carbonyl (C=O) groups excluding carboxylic acids is 1. The van der Waals surface area contributed by atoms with Crippen LogP contribution >= 0.6 is 0 Å². The number of benzene rings is 2. The first-order valence-electron chi connectivity index (χ1n) is 11.7. The Morgan fingerprint density at radius 1 is 1.09 bits per heavy atom. The molecule has 1 N–H and O–H groups in total. The number of halogens is 3. The molecule has 0 aromatic heterocycles. The van der Waals surface area contributed by atoms with Crippen molar-refractivity contribution in [2.75, 3.05) is 19.6 Å². The van der Waals surface area contributed by atoms with Crippen LogP contribution in [0.25, 0.3) is 11.1 Å². The minimum absolute atomic E-state index is 0.0211. The van der Waals surface area contributed by atoms with Crippen molar-refractivity contribution in [1.82, 2.24) is 10.2 Å². The first-order valence-corrected chi connectivity index (χ1v) is 11.7. The number of nitrogens with zero attached hydrogens (tertiary/aromatic N) is 1. The normalized spacial score (nSPS) is 27.7. The van der Waals surface area contributed by atoms with E-state index in [2.05, 4.69) is 24.1 Å². The monoisotopic (exact) mass is 458 g/mol. The van der Waals surface area contributed by atoms with Crippen LogP contribution in [-0.4, -0.2) is 36.7 Å². The number of rotatable bonds is 3. The van der Waals surface area contributed by atoms with Crippen molar-refractivity contribution in [2.45, 2.75) is 51.7 Å². The molecule has 1 unspecified atom stereocenters. The van der Waals surface area contributed by atoms with Gasteiger partial charge in [0.05, 0.1) is 6.04 Å². The lowest BCUT2D eigenvalue weighted by molar-refractivity contribution is -0.0353. The number of alkyl carbamates (subject to hydrolysis) is 1. The van der Waals surface area contributed by atoms with Gasteiger partial charge in [-0.15, -0.1) is 0 Å². The molecule has 4 nitrogen and oxygen atoms in total. The predicted molar refractivity (Wildman–Crippen MR) is 119 cm³/mol. The minimum Gasteiger partial charge on any atom is -0.445 e. The smallest absolute Gasteiger partial charge is 0.407 e. The molecule has 176 valence electrons. The summed E-state index contributed by atoms with van der Waals surface area (Å²) in [5.41, 5.74) is 2.22. The Balaban J connectivity index is 1.38. The molecule has 1 amide bonds. The lowest BCUT2D eigenvalue weighted by Gasteiger charge is -2.44. The largest absolute Gasteiger partial charge is 0.445 e. The number of hydrogen-bond acceptors (Lipinski definition) is 3. The molecule has 3 fully saturated rings. The Morgan fingerprint density at radius 2 is 1.85 bits per heavy atom. The van der Waals surface area contributed by atoms with Crippen molar-refractivity contribution in [3.63, 3.8) is 0 Å². The Hall–Kier alpha value is -2.54. The maximum absolute atomic E-state index is 14.3. The van der Waals surface area contributed by atoms with Crippen LogP contribution < -0.4 is 5.32 Å². The molecule has 2 atom stereocenters. The van der Waals surface area contributed by atoms with Crippen LogP contribution in [0.1, 0.15) is 50.3 Å². The zero-order valence-corrected chi connectivity index (χ0v) is 19.0. The number of aryl methyl sites for hydroxylation is 1. The van der Waals surface area contributed by atoms with Crippen molar-refractivity contribution >= 4 is 6.09 Å². The Labute approximate surface area is 192 Å². The number of fused-ring (bicyclic) bond motifs is 4. The standard InChI is InChI=1S/C26H29F3N2O2/c1-26(2)10-7-17-13-16(18-5-6-20(27)23(29)22(18)28)3-4-19(17)24(26)30-25(32)33-21-14-31-11-8-15(21)9-12-31/h3-6,13,15,21,24H,7-12,14H2,1-2H3,(H,30,32)/t21-,24?/m1/s1. The van der Waals surface area contributed by atoms with Gasteiger partial charge in [0.15, 0.2) is 17.5 Å². The van der Waals surface area contributed by atoms with Gasteiger partial charge < -0.3 is 10.1 Å². The highest BCUT2D eigenvalue weighted by Gasteiger charge is 2.40. The highest BCUT2D eigenvalue weighted by Crippen LogP contribution is 2.45. The van der Waals surface area contributed by atoms with E-state index in [1.165, 1.54) is 6.07 Å². The molecule has 1 aliphatic carbocycles. The molecular formula is C26H29F3N2O2. The highest BCUT2D eigenvalue weighted by molar-refractivity contribution is 5.70. The van der Waals surface area contributed by atoms with Gasteiger partial charge in [-0.25, -0.2) is 18.0 Å². The van der Waals surface area contributed by atoms with Gasteiger partial charge in [0.25, 0.3) is 0 Å². The van der Waals surface area contributed by atoms with E-state index in [4.69, 9.17) is 4.74 Å². The van der Waals surface area contributed by atoms with Crippen LogP contribution in [0.5, 0.6) is 0 Å². The molecular weight excluding hydrogens is 429 g/mol. The summed E-state index contributed by atoms with van der Waals surface area (Å²) >= 11 is 0. The molecule has 7 heteroatoms. The van der Waals surface area contributed by atoms with Crippen LogP contribution in [0.4, 0.5) is 18.0 Å². The average Bonchev–Trinajstić information content (AvgIpc) is 2.80. The Bertz CT molecular complexity index is 1080. The first kappa shape index (κ1) is 22.3. The van der Waals surface area contributed by atoms with Gasteiger partial charge in [0, 0.05) is 12.1 Å². The lowest BCUT2D eigenvalue weighted by Crippen LogP contribution is -2.53. The molecule has 3 saturated heterocycles. The van der Waals surface area contributed by atoms with Gasteiger partial charge in [0.1, 0.15) is 6.10 Å². The van der Waals surface area contributed by atoms with E-state index in [1.807, 2.05) is 12.1 Å². The van der Waals surface area contributed by atoms with E-state index in [1.54, 1.807) is 6.07 Å². The fourth-order valence-electron chi connectivity index (χ4n) is 5.65. The Kier molecular flexibility index (Phi) is 5.63. The van der Waals surface area contributed by atoms with Crippen LogP contribution in [0, 0.1) is 28.8 Å². The van der Waals surface area contributed by atoms with Gasteiger partial charge in [-0.05, 0) is 78.9 Å². The predicted octanol–water partition coefficient (Wildman–Crippen LogP) is 5.60. The summed E-state index contributed by atoms with van der Waals surface area (Å²) in [6.45, 7) is 7.17. The van der Waals surface area contributed by atoms with Gasteiger partial charge in [-0.3, -0.25) is 4.90 Å². The molecule has 3 aliphatic heterocycles. The summed E-state index contributed by atoms with van der Waals surface area (Å²) in [5, 5.41) is 3.10. The van der Waals surface area contributed by atoms with Crippen molar-refractivity contribution in [1.29, 1.82) is 0 Å². The van der Waals surface area contributed by atoms with Crippen molar-refractivity contribution < 1.29 is 22.7 Å². The zero-order valence-electron chi connectivity index (χ0n) is 19.0. The van der Waals surface area contributed by atoms with Crippen LogP contribution in [0.3, 0.4) is 0 Å². The van der Waals surface area contributed by atoms with Crippen molar-refractivity contribution in [3.8, 4) is 11.1 Å². The first-order chi connectivity index (χ1) is 15.7. The molecule has 0 spiro atoms. The van der Waals surface area contributed by atoms with Crippen molar-refractivity contribution in [3.05, 3.63) is 58.9 Å². The number of nitrogens with one attached hydrogen (secondary N) is 1. The van der Waals surface area contributed by atoms with E-state index < -0.39 is 23.5 Å². The van der Waals surface area contributed by atoms with E-state index in [0.717, 1.165) is 62.5 Å². The molecule has 0 saturated carbocycles. The topological polar surface area (TPSA) is 41.6 Å². The van der Waals surface area contributed by atoms with Crippen LogP contribution in [-0.2, 0) is 11.2 Å². The maximum Gasteiger partial charge on any atom is 0.407 e. The number of amides is 1. The second-order valence-electron chi connectivity index (χ2n) is 10.3. The quantitative estimate of drug-likeness (QED) is 0.609. The maximum atomic E-state index is 14.3. The van der Waals surface area contributed by atoms with Gasteiger partial charge in [-0.2, -0.15) is 0 Å². The van der Waals surface area contributed by atoms with Gasteiger partial charge >= 0.3 is 6.09 Å². The SMILES string of the molecule is CC1(C)CCc2cc(-c3ccc(F)c(F)c3F)ccc2C1NC(=O)O[C@@H]1CN2CCC1CC2. The number of hydrogen-bond donors (Lipinski definition) is 1. The van der Waals surface area contributed by atoms with Crippen LogP contribution in [0.15, 0.2) is 30.3 Å². The summed E-state index contributed by atoms with van der Waals surface area (Å²) < 4.78 is 47.3. The fraction of sp³-hybridized carbons (Fsp3) is 0.500. The highest BCUT2D eigenvalue weighted by atomic mass is 19.2. The van der Waals surface area contributed by atoms with E-state index in [-0.39, 0.29) is 23.1 Å². The third kappa shape index (κ3) is 4.12. The Morgan fingerprint density at radius 3 is 2.55 bits per heavy atom. The summed E-state index contributed by atoms with van der Waals surface area (Å²) in [7, 11) is 0. The number of ether oxygens (including phenoxy) is 1. The molecule has 0 radical (unpaired) electrons. The van der Waals surface area contributed by atoms with Crippen LogP contribution in [0.2, 0.25) is 0 Å². The third-order valence-corrected chi connectivity index (χ3v) is 7.74. The minimum atomic E-state index is -1.47. The molecule has 6 rings (SSSR count). The average molecular weight is 459 g/mol. The van der Waals surface area contributed by atoms with E-state index in [9.17, 15) is 18.0 Å². The molecule has 3 heterocycles. The summed E-state index contributed by atoms with van der Waals surface area (Å²) in [5.74, 6) is -3.44. The van der Waals surface area contributed by atoms with Crippen molar-refractivity contribution in [2.24, 2.45) is 11.3 Å². The molecule has 4 aliphatic rings.